The largest absolute Gasteiger partial charge is 0.481 e. The molecule has 0 fully saturated rings. The number of hydrogen-bond donors (Lipinski definition) is 7. The first kappa shape index (κ1) is 27.6. The SMILES string of the molecule is CC(C)C[C@H](NC(=O)N[C@@H](CCCN=C(N)N)c1nc([C@@H](N)CCCC(=O)O)no1)C(=O)O. The van der Waals surface area contributed by atoms with Gasteiger partial charge in [0.05, 0.1) is 6.04 Å². The first-order valence-electron chi connectivity index (χ1n) is 10.7. The number of nitrogens with two attached hydrogens (primary N) is 3. The maximum atomic E-state index is 12.5. The van der Waals surface area contributed by atoms with Gasteiger partial charge in [0.1, 0.15) is 12.1 Å². The predicted octanol–water partition coefficient (Wildman–Crippen LogP) is 0.218. The van der Waals surface area contributed by atoms with Gasteiger partial charge in [0.15, 0.2) is 11.8 Å². The van der Waals surface area contributed by atoms with Crippen LogP contribution in [-0.2, 0) is 9.59 Å². The normalized spacial score (nSPS) is 13.7. The molecule has 2 amide bonds. The van der Waals surface area contributed by atoms with Crippen molar-refractivity contribution in [1.29, 1.82) is 0 Å². The van der Waals surface area contributed by atoms with Crippen molar-refractivity contribution in [2.24, 2.45) is 28.1 Å². The number of aliphatic imine (C=N–C) groups is 1. The number of carboxylic acid groups (broad SMARTS) is 2. The van der Waals surface area contributed by atoms with Gasteiger partial charge in [0.25, 0.3) is 0 Å². The van der Waals surface area contributed by atoms with E-state index in [1.807, 2.05) is 13.8 Å². The standard InChI is InChI=1S/C19H34N8O6/c1-10(2)9-13(17(30)31)25-19(32)24-12(6-4-8-23-18(21)22)16-26-15(27-33-16)11(20)5-3-7-14(28)29/h10-13H,3-9,20H2,1-2H3,(H,28,29)(H,30,31)(H4,21,22,23)(H2,24,25,32)/t11-,12-,13-/m0/s1. The lowest BCUT2D eigenvalue weighted by Crippen LogP contribution is -2.47. The van der Waals surface area contributed by atoms with E-state index in [1.165, 1.54) is 0 Å². The van der Waals surface area contributed by atoms with E-state index in [-0.39, 0.29) is 36.4 Å². The van der Waals surface area contributed by atoms with Crippen LogP contribution >= 0.6 is 0 Å². The summed E-state index contributed by atoms with van der Waals surface area (Å²) >= 11 is 0. The van der Waals surface area contributed by atoms with Crippen molar-refractivity contribution in [3.63, 3.8) is 0 Å². The lowest BCUT2D eigenvalue weighted by molar-refractivity contribution is -0.139. The van der Waals surface area contributed by atoms with Crippen LogP contribution in [-0.4, -0.2) is 56.9 Å². The summed E-state index contributed by atoms with van der Waals surface area (Å²) in [6.07, 6.45) is 1.68. The Morgan fingerprint density at radius 2 is 1.82 bits per heavy atom. The van der Waals surface area contributed by atoms with E-state index in [9.17, 15) is 19.5 Å². The monoisotopic (exact) mass is 470 g/mol. The van der Waals surface area contributed by atoms with E-state index >= 15 is 0 Å². The molecule has 0 aliphatic carbocycles. The molecule has 1 aromatic rings. The number of urea groups is 1. The van der Waals surface area contributed by atoms with E-state index in [0.717, 1.165) is 0 Å². The Bertz CT molecular complexity index is 808. The second-order valence-corrected chi connectivity index (χ2v) is 8.02. The maximum absolute atomic E-state index is 12.5. The van der Waals surface area contributed by atoms with E-state index < -0.39 is 36.1 Å². The topological polar surface area (TPSA) is 245 Å². The summed E-state index contributed by atoms with van der Waals surface area (Å²) in [5.41, 5.74) is 16.6. The number of amides is 2. The molecular weight excluding hydrogens is 436 g/mol. The average molecular weight is 471 g/mol. The van der Waals surface area contributed by atoms with Crippen LogP contribution in [0.5, 0.6) is 0 Å². The van der Waals surface area contributed by atoms with Gasteiger partial charge in [0.2, 0.25) is 5.89 Å². The molecule has 0 aliphatic rings. The van der Waals surface area contributed by atoms with Gasteiger partial charge >= 0.3 is 18.0 Å². The fourth-order valence-corrected chi connectivity index (χ4v) is 2.95. The smallest absolute Gasteiger partial charge is 0.326 e. The van der Waals surface area contributed by atoms with Gasteiger partial charge in [-0.2, -0.15) is 4.98 Å². The molecule has 0 saturated heterocycles. The van der Waals surface area contributed by atoms with Crippen LogP contribution in [0.15, 0.2) is 9.52 Å². The highest BCUT2D eigenvalue weighted by Gasteiger charge is 2.26. The Balaban J connectivity index is 2.88. The van der Waals surface area contributed by atoms with E-state index in [1.54, 1.807) is 0 Å². The van der Waals surface area contributed by atoms with E-state index in [0.29, 0.717) is 32.2 Å². The number of nitrogens with zero attached hydrogens (tertiary/aromatic N) is 3. The molecule has 0 saturated carbocycles. The highest BCUT2D eigenvalue weighted by molar-refractivity contribution is 5.82. The van der Waals surface area contributed by atoms with Crippen LogP contribution in [0.1, 0.15) is 76.2 Å². The highest BCUT2D eigenvalue weighted by atomic mass is 16.5. The maximum Gasteiger partial charge on any atom is 0.326 e. The zero-order valence-electron chi connectivity index (χ0n) is 18.9. The fourth-order valence-electron chi connectivity index (χ4n) is 2.95. The fraction of sp³-hybridized carbons (Fsp3) is 0.684. The van der Waals surface area contributed by atoms with Crippen molar-refractivity contribution >= 4 is 23.9 Å². The van der Waals surface area contributed by atoms with E-state index in [2.05, 4.69) is 25.8 Å². The van der Waals surface area contributed by atoms with Crippen molar-refractivity contribution in [3.05, 3.63) is 11.7 Å². The molecular formula is C19H34N8O6. The molecule has 0 unspecified atom stereocenters. The van der Waals surface area contributed by atoms with Crippen molar-refractivity contribution < 1.29 is 29.1 Å². The Hall–Kier alpha value is -3.42. The van der Waals surface area contributed by atoms with Crippen molar-refractivity contribution in [3.8, 4) is 0 Å². The molecule has 186 valence electrons. The van der Waals surface area contributed by atoms with Gasteiger partial charge < -0.3 is 42.6 Å². The molecule has 0 aromatic carbocycles. The molecule has 1 rings (SSSR count). The lowest BCUT2D eigenvalue weighted by atomic mass is 10.0. The molecule has 1 aromatic heterocycles. The molecule has 33 heavy (non-hydrogen) atoms. The number of aliphatic carboxylic acids is 2. The van der Waals surface area contributed by atoms with Gasteiger partial charge in [-0.25, -0.2) is 9.59 Å². The first-order valence-corrected chi connectivity index (χ1v) is 10.7. The summed E-state index contributed by atoms with van der Waals surface area (Å²) in [5.74, 6) is -1.82. The molecule has 0 bridgehead atoms. The van der Waals surface area contributed by atoms with Gasteiger partial charge in [0, 0.05) is 13.0 Å². The van der Waals surface area contributed by atoms with Crippen LogP contribution in [0.3, 0.4) is 0 Å². The van der Waals surface area contributed by atoms with E-state index in [4.69, 9.17) is 26.8 Å². The minimum absolute atomic E-state index is 0.0331. The Kier molecular flexibility index (Phi) is 11.6. The van der Waals surface area contributed by atoms with Crippen molar-refractivity contribution in [2.75, 3.05) is 6.54 Å². The third kappa shape index (κ3) is 11.1. The van der Waals surface area contributed by atoms with Gasteiger partial charge in [-0.3, -0.25) is 9.79 Å². The number of rotatable bonds is 15. The number of carboxylic acids is 2. The Labute approximate surface area is 191 Å². The molecule has 10 N–H and O–H groups in total. The molecule has 14 nitrogen and oxygen atoms in total. The number of nitrogens with one attached hydrogen (secondary N) is 2. The second kappa shape index (κ2) is 13.9. The lowest BCUT2D eigenvalue weighted by Gasteiger charge is -2.20. The molecule has 0 aliphatic heterocycles. The number of carbonyl (C=O) groups excluding carboxylic acids is 1. The van der Waals surface area contributed by atoms with Gasteiger partial charge in [-0.05, 0) is 38.0 Å². The molecule has 0 radical (unpaired) electrons. The summed E-state index contributed by atoms with van der Waals surface area (Å²) in [6.45, 7) is 3.99. The van der Waals surface area contributed by atoms with Crippen molar-refractivity contribution in [2.45, 2.75) is 70.5 Å². The summed E-state index contributed by atoms with van der Waals surface area (Å²) in [4.78, 5) is 42.7. The number of guanidine groups is 1. The summed E-state index contributed by atoms with van der Waals surface area (Å²) in [7, 11) is 0. The van der Waals surface area contributed by atoms with Crippen LogP contribution in [0.25, 0.3) is 0 Å². The zero-order valence-corrected chi connectivity index (χ0v) is 18.9. The summed E-state index contributed by atoms with van der Waals surface area (Å²) in [6, 6.07) is -3.16. The second-order valence-electron chi connectivity index (χ2n) is 8.02. The number of aromatic nitrogens is 2. The van der Waals surface area contributed by atoms with Crippen LogP contribution in [0.2, 0.25) is 0 Å². The third-order valence-electron chi connectivity index (χ3n) is 4.55. The number of carbonyl (C=O) groups is 3. The molecule has 0 spiro atoms. The van der Waals surface area contributed by atoms with Gasteiger partial charge in [-0.1, -0.05) is 19.0 Å². The molecule has 1 heterocycles. The first-order chi connectivity index (χ1) is 15.5. The molecule has 14 heteroatoms. The van der Waals surface area contributed by atoms with Crippen molar-refractivity contribution in [1.82, 2.24) is 20.8 Å². The summed E-state index contributed by atoms with van der Waals surface area (Å²) < 4.78 is 5.27. The van der Waals surface area contributed by atoms with Crippen LogP contribution < -0.4 is 27.8 Å². The van der Waals surface area contributed by atoms with Gasteiger partial charge in [-0.15, -0.1) is 0 Å². The minimum Gasteiger partial charge on any atom is -0.481 e. The predicted molar refractivity (Wildman–Crippen MR) is 118 cm³/mol. The molecule has 3 atom stereocenters. The highest BCUT2D eigenvalue weighted by Crippen LogP contribution is 2.20. The third-order valence-corrected chi connectivity index (χ3v) is 4.55. The quantitative estimate of drug-likeness (QED) is 0.104. The zero-order chi connectivity index (χ0) is 25.0. The van der Waals surface area contributed by atoms with Crippen LogP contribution in [0.4, 0.5) is 4.79 Å². The average Bonchev–Trinajstić information content (AvgIpc) is 3.19. The minimum atomic E-state index is -1.14. The van der Waals surface area contributed by atoms with Crippen LogP contribution in [0, 0.1) is 5.92 Å². The Morgan fingerprint density at radius 3 is 2.39 bits per heavy atom. The summed E-state index contributed by atoms with van der Waals surface area (Å²) in [5, 5.41) is 27.0. The number of hydrogen-bond acceptors (Lipinski definition) is 8. The Morgan fingerprint density at radius 1 is 1.12 bits per heavy atom.